The molecule has 1 saturated heterocycles. The molecule has 4 rings (SSSR count). The quantitative estimate of drug-likeness (QED) is 0.762. The van der Waals surface area contributed by atoms with Gasteiger partial charge < -0.3 is 9.80 Å². The molecule has 0 amide bonds. The summed E-state index contributed by atoms with van der Waals surface area (Å²) in [5, 5.41) is 1.62. The van der Waals surface area contributed by atoms with E-state index in [0.717, 1.165) is 48.0 Å². The van der Waals surface area contributed by atoms with Crippen LogP contribution in [0.5, 0.6) is 0 Å². The standard InChI is InChI=1S/C19H20ClN3OS/c1-14-6-7-15(20)12-17(14)22-10-8-21(9-11-22)13-23-19(24)16-4-2-3-5-18(16)25-23/h2-7,12H,8-11,13H2,1H3/p+1. The van der Waals surface area contributed by atoms with Gasteiger partial charge in [0.2, 0.25) is 0 Å². The first-order chi connectivity index (χ1) is 12.1. The fraction of sp³-hybridized carbons (Fsp3) is 0.316. The summed E-state index contributed by atoms with van der Waals surface area (Å²) in [4.78, 5) is 16.4. The highest BCUT2D eigenvalue weighted by Crippen LogP contribution is 2.24. The van der Waals surface area contributed by atoms with Crippen LogP contribution < -0.4 is 15.4 Å². The van der Waals surface area contributed by atoms with E-state index in [1.807, 2.05) is 34.3 Å². The highest BCUT2D eigenvalue weighted by molar-refractivity contribution is 7.13. The molecule has 6 heteroatoms. The molecule has 0 radical (unpaired) electrons. The van der Waals surface area contributed by atoms with E-state index < -0.39 is 0 Å². The molecule has 0 unspecified atom stereocenters. The third kappa shape index (κ3) is 3.32. The van der Waals surface area contributed by atoms with Gasteiger partial charge in [0.25, 0.3) is 5.56 Å². The number of hydrogen-bond acceptors (Lipinski definition) is 3. The summed E-state index contributed by atoms with van der Waals surface area (Å²) in [5.74, 6) is 0. The van der Waals surface area contributed by atoms with Crippen molar-refractivity contribution in [1.82, 2.24) is 3.96 Å². The van der Waals surface area contributed by atoms with Crippen molar-refractivity contribution in [3.05, 3.63) is 63.4 Å². The summed E-state index contributed by atoms with van der Waals surface area (Å²) in [6.45, 7) is 6.88. The number of rotatable bonds is 3. The van der Waals surface area contributed by atoms with E-state index in [0.29, 0.717) is 0 Å². The smallest absolute Gasteiger partial charge is 0.273 e. The van der Waals surface area contributed by atoms with Crippen molar-refractivity contribution in [2.45, 2.75) is 13.6 Å². The van der Waals surface area contributed by atoms with Crippen molar-refractivity contribution in [2.75, 3.05) is 31.1 Å². The van der Waals surface area contributed by atoms with Crippen LogP contribution in [0.15, 0.2) is 47.3 Å². The first kappa shape index (κ1) is 16.6. The number of nitrogens with zero attached hydrogens (tertiary/aromatic N) is 2. The second-order valence-corrected chi connectivity index (χ2v) is 8.10. The van der Waals surface area contributed by atoms with E-state index in [2.05, 4.69) is 24.0 Å². The number of fused-ring (bicyclic) bond motifs is 1. The van der Waals surface area contributed by atoms with E-state index in [4.69, 9.17) is 11.6 Å². The molecule has 0 aliphatic carbocycles. The fourth-order valence-electron chi connectivity index (χ4n) is 3.47. The van der Waals surface area contributed by atoms with Gasteiger partial charge in [-0.15, -0.1) is 0 Å². The van der Waals surface area contributed by atoms with Crippen molar-refractivity contribution in [3.63, 3.8) is 0 Å². The van der Waals surface area contributed by atoms with E-state index in [-0.39, 0.29) is 5.56 Å². The number of benzene rings is 2. The third-order valence-corrected chi connectivity index (χ3v) is 6.21. The Balaban J connectivity index is 1.46. The first-order valence-electron chi connectivity index (χ1n) is 8.55. The molecule has 0 spiro atoms. The van der Waals surface area contributed by atoms with Crippen molar-refractivity contribution in [3.8, 4) is 0 Å². The Morgan fingerprint density at radius 2 is 1.92 bits per heavy atom. The van der Waals surface area contributed by atoms with Crippen LogP contribution in [0.1, 0.15) is 5.56 Å². The number of anilines is 1. The zero-order chi connectivity index (χ0) is 17.4. The summed E-state index contributed by atoms with van der Waals surface area (Å²) in [5.41, 5.74) is 2.63. The Labute approximate surface area is 156 Å². The first-order valence-corrected chi connectivity index (χ1v) is 9.70. The molecule has 0 saturated carbocycles. The van der Waals surface area contributed by atoms with Gasteiger partial charge in [-0.3, -0.25) is 4.79 Å². The van der Waals surface area contributed by atoms with Crippen LogP contribution in [-0.2, 0) is 6.67 Å². The molecular weight excluding hydrogens is 354 g/mol. The summed E-state index contributed by atoms with van der Waals surface area (Å²) >= 11 is 7.73. The lowest BCUT2D eigenvalue weighted by Crippen LogP contribution is -3.14. The number of aryl methyl sites for hydroxylation is 1. The van der Waals surface area contributed by atoms with Gasteiger partial charge >= 0.3 is 0 Å². The molecule has 1 aliphatic heterocycles. The molecule has 130 valence electrons. The summed E-state index contributed by atoms with van der Waals surface area (Å²) < 4.78 is 2.97. The van der Waals surface area contributed by atoms with Crippen LogP contribution in [0.2, 0.25) is 5.02 Å². The molecular formula is C19H21ClN3OS+. The second kappa shape index (κ2) is 6.83. The fourth-order valence-corrected chi connectivity index (χ4v) is 4.70. The van der Waals surface area contributed by atoms with Crippen LogP contribution in [0.25, 0.3) is 10.1 Å². The van der Waals surface area contributed by atoms with E-state index in [1.54, 1.807) is 11.5 Å². The van der Waals surface area contributed by atoms with Gasteiger partial charge in [-0.05, 0) is 36.8 Å². The van der Waals surface area contributed by atoms with Gasteiger partial charge in [0.1, 0.15) is 0 Å². The maximum atomic E-state index is 12.5. The normalized spacial score (nSPS) is 15.8. The average Bonchev–Trinajstić information content (AvgIpc) is 2.94. The predicted octanol–water partition coefficient (Wildman–Crippen LogP) is 2.39. The second-order valence-electron chi connectivity index (χ2n) is 6.60. The lowest BCUT2D eigenvalue weighted by molar-refractivity contribution is -0.922. The minimum Gasteiger partial charge on any atom is -0.360 e. The molecule has 1 aliphatic rings. The van der Waals surface area contributed by atoms with Gasteiger partial charge in [-0.2, -0.15) is 0 Å². The van der Waals surface area contributed by atoms with Gasteiger partial charge in [0.15, 0.2) is 6.67 Å². The largest absolute Gasteiger partial charge is 0.360 e. The Morgan fingerprint density at radius 1 is 1.16 bits per heavy atom. The molecule has 1 fully saturated rings. The van der Waals surface area contributed by atoms with Crippen LogP contribution in [-0.4, -0.2) is 30.1 Å². The Hall–Kier alpha value is -1.82. The maximum Gasteiger partial charge on any atom is 0.273 e. The maximum absolute atomic E-state index is 12.5. The highest BCUT2D eigenvalue weighted by Gasteiger charge is 2.22. The topological polar surface area (TPSA) is 29.7 Å². The molecule has 3 aromatic rings. The van der Waals surface area contributed by atoms with Gasteiger partial charge in [0.05, 0.1) is 36.3 Å². The van der Waals surface area contributed by atoms with Gasteiger partial charge in [-0.25, -0.2) is 3.96 Å². The SMILES string of the molecule is Cc1ccc(Cl)cc1N1CC[NH+](Cn2sc3ccccc3c2=O)CC1. The number of halogens is 1. The molecule has 2 heterocycles. The minimum absolute atomic E-state index is 0.140. The highest BCUT2D eigenvalue weighted by atomic mass is 35.5. The molecule has 4 nitrogen and oxygen atoms in total. The Bertz CT molecular complexity index is 957. The molecule has 0 bridgehead atoms. The van der Waals surface area contributed by atoms with Crippen molar-refractivity contribution < 1.29 is 4.90 Å². The minimum atomic E-state index is 0.140. The molecule has 0 atom stereocenters. The van der Waals surface area contributed by atoms with Crippen LogP contribution in [0, 0.1) is 6.92 Å². The monoisotopic (exact) mass is 374 g/mol. The Kier molecular flexibility index (Phi) is 4.54. The third-order valence-electron chi connectivity index (χ3n) is 4.90. The lowest BCUT2D eigenvalue weighted by atomic mass is 10.1. The lowest BCUT2D eigenvalue weighted by Gasteiger charge is -2.34. The molecule has 1 aromatic heterocycles. The number of aromatic nitrogens is 1. The summed E-state index contributed by atoms with van der Waals surface area (Å²) in [6.07, 6.45) is 0. The zero-order valence-electron chi connectivity index (χ0n) is 14.2. The van der Waals surface area contributed by atoms with Crippen molar-refractivity contribution in [1.29, 1.82) is 0 Å². The van der Waals surface area contributed by atoms with Crippen LogP contribution in [0.3, 0.4) is 0 Å². The number of nitrogens with one attached hydrogen (secondary N) is 1. The molecule has 1 N–H and O–H groups in total. The molecule has 25 heavy (non-hydrogen) atoms. The van der Waals surface area contributed by atoms with Gasteiger partial charge in [-0.1, -0.05) is 41.3 Å². The number of piperazine rings is 1. The molecule has 2 aromatic carbocycles. The van der Waals surface area contributed by atoms with E-state index in [9.17, 15) is 4.79 Å². The predicted molar refractivity (Wildman–Crippen MR) is 105 cm³/mol. The van der Waals surface area contributed by atoms with Gasteiger partial charge in [0, 0.05) is 10.7 Å². The van der Waals surface area contributed by atoms with E-state index >= 15 is 0 Å². The Morgan fingerprint density at radius 3 is 2.68 bits per heavy atom. The van der Waals surface area contributed by atoms with E-state index in [1.165, 1.54) is 16.2 Å². The zero-order valence-corrected chi connectivity index (χ0v) is 15.7. The summed E-state index contributed by atoms with van der Waals surface area (Å²) in [7, 11) is 0. The number of quaternary nitrogens is 1. The summed E-state index contributed by atoms with van der Waals surface area (Å²) in [6, 6.07) is 13.9. The van der Waals surface area contributed by atoms with Crippen LogP contribution in [0.4, 0.5) is 5.69 Å². The van der Waals surface area contributed by atoms with Crippen molar-refractivity contribution in [2.24, 2.45) is 0 Å². The number of hydrogen-bond donors (Lipinski definition) is 1. The van der Waals surface area contributed by atoms with Crippen molar-refractivity contribution >= 4 is 38.9 Å². The average molecular weight is 375 g/mol. The van der Waals surface area contributed by atoms with Crippen LogP contribution >= 0.6 is 23.1 Å².